The van der Waals surface area contributed by atoms with Gasteiger partial charge in [-0.3, -0.25) is 0 Å². The van der Waals surface area contributed by atoms with Crippen molar-refractivity contribution in [1.82, 2.24) is 4.90 Å². The molecule has 1 fully saturated rings. The lowest BCUT2D eigenvalue weighted by Crippen LogP contribution is -2.42. The second kappa shape index (κ2) is 7.39. The summed E-state index contributed by atoms with van der Waals surface area (Å²) in [6.45, 7) is 5.31. The number of guanidine groups is 1. The standard InChI is InChI=1S/C15H22ClN3O/c1-12-6-9-19(10-7-12)15(17)18-8-11-20-14-5-3-2-4-13(14)16/h2-5,12H,6-11H2,1H3,(H2,17,18). The summed E-state index contributed by atoms with van der Waals surface area (Å²) in [6.07, 6.45) is 2.37. The molecule has 1 aromatic carbocycles. The molecule has 0 bridgehead atoms. The van der Waals surface area contributed by atoms with Crippen LogP contribution in [0, 0.1) is 5.92 Å². The van der Waals surface area contributed by atoms with Crippen molar-refractivity contribution in [2.45, 2.75) is 19.8 Å². The third kappa shape index (κ3) is 4.30. The summed E-state index contributed by atoms with van der Waals surface area (Å²) in [7, 11) is 0. The van der Waals surface area contributed by atoms with Crippen LogP contribution in [0.1, 0.15) is 19.8 Å². The highest BCUT2D eigenvalue weighted by atomic mass is 35.5. The van der Waals surface area contributed by atoms with Crippen LogP contribution in [0.4, 0.5) is 0 Å². The second-order valence-electron chi connectivity index (χ2n) is 5.19. The summed E-state index contributed by atoms with van der Waals surface area (Å²) in [5, 5.41) is 0.620. The summed E-state index contributed by atoms with van der Waals surface area (Å²) in [4.78, 5) is 6.52. The molecule has 0 aromatic heterocycles. The Bertz CT molecular complexity index is 456. The number of para-hydroxylation sites is 1. The fourth-order valence-electron chi connectivity index (χ4n) is 2.22. The third-order valence-electron chi connectivity index (χ3n) is 3.57. The number of benzene rings is 1. The van der Waals surface area contributed by atoms with E-state index >= 15 is 0 Å². The van der Waals surface area contributed by atoms with Crippen LogP contribution in [0.5, 0.6) is 5.75 Å². The van der Waals surface area contributed by atoms with Crippen LogP contribution in [0.15, 0.2) is 29.3 Å². The Balaban J connectivity index is 1.74. The molecule has 1 aromatic rings. The van der Waals surface area contributed by atoms with Crippen LogP contribution in [-0.4, -0.2) is 37.1 Å². The van der Waals surface area contributed by atoms with Crippen molar-refractivity contribution in [3.63, 3.8) is 0 Å². The second-order valence-corrected chi connectivity index (χ2v) is 5.60. The minimum atomic E-state index is 0.481. The van der Waals surface area contributed by atoms with E-state index in [0.29, 0.717) is 29.9 Å². The maximum atomic E-state index is 6.01. The van der Waals surface area contributed by atoms with Gasteiger partial charge in [-0.2, -0.15) is 0 Å². The van der Waals surface area contributed by atoms with Crippen molar-refractivity contribution in [2.75, 3.05) is 26.2 Å². The Morgan fingerprint density at radius 1 is 1.40 bits per heavy atom. The number of nitrogens with two attached hydrogens (primary N) is 1. The molecule has 0 amide bonds. The van der Waals surface area contributed by atoms with E-state index < -0.39 is 0 Å². The van der Waals surface area contributed by atoms with Crippen molar-refractivity contribution in [3.05, 3.63) is 29.3 Å². The quantitative estimate of drug-likeness (QED) is 0.528. The first-order valence-corrected chi connectivity index (χ1v) is 7.47. The number of ether oxygens (including phenoxy) is 1. The average molecular weight is 296 g/mol. The highest BCUT2D eigenvalue weighted by Crippen LogP contribution is 2.22. The first-order valence-electron chi connectivity index (χ1n) is 7.09. The Labute approximate surface area is 125 Å². The average Bonchev–Trinajstić information content (AvgIpc) is 2.46. The molecule has 110 valence electrons. The molecule has 1 heterocycles. The fraction of sp³-hybridized carbons (Fsp3) is 0.533. The minimum absolute atomic E-state index is 0.481. The van der Waals surface area contributed by atoms with Crippen molar-refractivity contribution < 1.29 is 4.74 Å². The molecular weight excluding hydrogens is 274 g/mol. The number of halogens is 1. The summed E-state index contributed by atoms with van der Waals surface area (Å²) in [6, 6.07) is 7.43. The molecule has 1 aliphatic rings. The number of likely N-dealkylation sites (tertiary alicyclic amines) is 1. The Hall–Kier alpha value is -1.42. The molecular formula is C15H22ClN3O. The highest BCUT2D eigenvalue weighted by Gasteiger charge is 2.16. The first-order chi connectivity index (χ1) is 9.66. The van der Waals surface area contributed by atoms with Crippen molar-refractivity contribution in [2.24, 2.45) is 16.6 Å². The largest absolute Gasteiger partial charge is 0.490 e. The normalized spacial score (nSPS) is 17.3. The monoisotopic (exact) mass is 295 g/mol. The van der Waals surface area contributed by atoms with Gasteiger partial charge >= 0.3 is 0 Å². The molecule has 0 radical (unpaired) electrons. The number of aliphatic imine (C=N–C) groups is 1. The fourth-order valence-corrected chi connectivity index (χ4v) is 2.41. The van der Waals surface area contributed by atoms with E-state index in [9.17, 15) is 0 Å². The lowest BCUT2D eigenvalue weighted by molar-refractivity contribution is 0.276. The van der Waals surface area contributed by atoms with Gasteiger partial charge in [-0.1, -0.05) is 30.7 Å². The molecule has 2 rings (SSSR count). The van der Waals surface area contributed by atoms with E-state index in [-0.39, 0.29) is 0 Å². The molecule has 5 heteroatoms. The number of hydrogen-bond acceptors (Lipinski definition) is 2. The molecule has 1 saturated heterocycles. The van der Waals surface area contributed by atoms with E-state index in [1.807, 2.05) is 24.3 Å². The maximum absolute atomic E-state index is 6.01. The number of hydrogen-bond donors (Lipinski definition) is 1. The SMILES string of the molecule is CC1CCN(C(N)=NCCOc2ccccc2Cl)CC1. The van der Waals surface area contributed by atoms with Gasteiger partial charge < -0.3 is 15.4 Å². The van der Waals surface area contributed by atoms with Crippen LogP contribution >= 0.6 is 11.6 Å². The summed E-state index contributed by atoms with van der Waals surface area (Å²) in [5.41, 5.74) is 6.00. The predicted molar refractivity (Wildman–Crippen MR) is 83.4 cm³/mol. The van der Waals surface area contributed by atoms with E-state index in [4.69, 9.17) is 22.1 Å². The number of piperidine rings is 1. The van der Waals surface area contributed by atoms with Crippen molar-refractivity contribution in [3.8, 4) is 5.75 Å². The van der Waals surface area contributed by atoms with Crippen LogP contribution < -0.4 is 10.5 Å². The Kier molecular flexibility index (Phi) is 5.53. The zero-order valence-corrected chi connectivity index (χ0v) is 12.6. The van der Waals surface area contributed by atoms with Crippen LogP contribution in [0.2, 0.25) is 5.02 Å². The Morgan fingerprint density at radius 2 is 2.10 bits per heavy atom. The summed E-state index contributed by atoms with van der Waals surface area (Å²) >= 11 is 6.01. The van der Waals surface area contributed by atoms with E-state index in [2.05, 4.69) is 16.8 Å². The molecule has 0 atom stereocenters. The molecule has 0 saturated carbocycles. The summed E-state index contributed by atoms with van der Waals surface area (Å²) in [5.74, 6) is 2.11. The van der Waals surface area contributed by atoms with E-state index in [0.717, 1.165) is 19.0 Å². The van der Waals surface area contributed by atoms with Crippen LogP contribution in [-0.2, 0) is 0 Å². The van der Waals surface area contributed by atoms with Gasteiger partial charge in [0.15, 0.2) is 5.96 Å². The van der Waals surface area contributed by atoms with Crippen LogP contribution in [0.3, 0.4) is 0 Å². The van der Waals surface area contributed by atoms with Gasteiger partial charge in [0.2, 0.25) is 0 Å². The van der Waals surface area contributed by atoms with Gasteiger partial charge in [0.1, 0.15) is 12.4 Å². The lowest BCUT2D eigenvalue weighted by Gasteiger charge is -2.31. The molecule has 4 nitrogen and oxygen atoms in total. The molecule has 0 aliphatic carbocycles. The molecule has 1 aliphatic heterocycles. The number of nitrogens with zero attached hydrogens (tertiary/aromatic N) is 2. The zero-order chi connectivity index (χ0) is 14.4. The summed E-state index contributed by atoms with van der Waals surface area (Å²) < 4.78 is 5.58. The Morgan fingerprint density at radius 3 is 2.80 bits per heavy atom. The molecule has 0 spiro atoms. The lowest BCUT2D eigenvalue weighted by atomic mass is 10.00. The minimum Gasteiger partial charge on any atom is -0.490 e. The smallest absolute Gasteiger partial charge is 0.191 e. The molecule has 0 unspecified atom stereocenters. The highest BCUT2D eigenvalue weighted by molar-refractivity contribution is 6.32. The molecule has 20 heavy (non-hydrogen) atoms. The van der Waals surface area contributed by atoms with Gasteiger partial charge in [0.25, 0.3) is 0 Å². The maximum Gasteiger partial charge on any atom is 0.191 e. The van der Waals surface area contributed by atoms with Gasteiger partial charge in [-0.05, 0) is 30.9 Å². The van der Waals surface area contributed by atoms with Gasteiger partial charge in [-0.15, -0.1) is 0 Å². The van der Waals surface area contributed by atoms with Gasteiger partial charge in [-0.25, -0.2) is 4.99 Å². The van der Waals surface area contributed by atoms with Gasteiger partial charge in [0.05, 0.1) is 11.6 Å². The van der Waals surface area contributed by atoms with Gasteiger partial charge in [0, 0.05) is 13.1 Å². The topological polar surface area (TPSA) is 50.8 Å². The van der Waals surface area contributed by atoms with E-state index in [1.165, 1.54) is 12.8 Å². The predicted octanol–water partition coefficient (Wildman–Crippen LogP) is 2.77. The first kappa shape index (κ1) is 15.0. The van der Waals surface area contributed by atoms with Crippen LogP contribution in [0.25, 0.3) is 0 Å². The van der Waals surface area contributed by atoms with Crippen molar-refractivity contribution in [1.29, 1.82) is 0 Å². The van der Waals surface area contributed by atoms with E-state index in [1.54, 1.807) is 0 Å². The zero-order valence-electron chi connectivity index (χ0n) is 11.9. The molecule has 2 N–H and O–H groups in total. The third-order valence-corrected chi connectivity index (χ3v) is 3.88. The van der Waals surface area contributed by atoms with Crippen molar-refractivity contribution >= 4 is 17.6 Å². The number of rotatable bonds is 4.